The number of nitrogens with one attached hydrogen (secondary N) is 1. The second kappa shape index (κ2) is 8.12. The number of aryl methyl sites for hydroxylation is 2. The van der Waals surface area contributed by atoms with Gasteiger partial charge >= 0.3 is 5.97 Å². The maximum absolute atomic E-state index is 12.3. The summed E-state index contributed by atoms with van der Waals surface area (Å²) in [5.41, 5.74) is 3.39. The fourth-order valence-corrected chi connectivity index (χ4v) is 3.29. The zero-order valence-electron chi connectivity index (χ0n) is 15.2. The van der Waals surface area contributed by atoms with Gasteiger partial charge in [0, 0.05) is 11.0 Å². The predicted octanol–water partition coefficient (Wildman–Crippen LogP) is 4.89. The van der Waals surface area contributed by atoms with Crippen molar-refractivity contribution in [3.63, 3.8) is 0 Å². The SMILES string of the molecule is Cc1ccc(C=CC(=O)Nc2sc(C)c(C)c2C(=O)OC(C)C)cc1. The van der Waals surface area contributed by atoms with Crippen LogP contribution in [0.5, 0.6) is 0 Å². The van der Waals surface area contributed by atoms with Crippen LogP contribution in [0.4, 0.5) is 5.00 Å². The Bertz CT molecular complexity index is 801. The number of ether oxygens (including phenoxy) is 1. The summed E-state index contributed by atoms with van der Waals surface area (Å²) in [5, 5.41) is 3.33. The second-order valence-electron chi connectivity index (χ2n) is 6.17. The Kier molecular flexibility index (Phi) is 6.15. The van der Waals surface area contributed by atoms with Gasteiger partial charge < -0.3 is 10.1 Å². The van der Waals surface area contributed by atoms with Crippen LogP contribution in [-0.4, -0.2) is 18.0 Å². The molecule has 0 saturated heterocycles. The smallest absolute Gasteiger partial charge is 0.341 e. The van der Waals surface area contributed by atoms with E-state index >= 15 is 0 Å². The molecule has 1 heterocycles. The molecule has 0 aliphatic heterocycles. The number of hydrogen-bond acceptors (Lipinski definition) is 4. The molecule has 5 heteroatoms. The summed E-state index contributed by atoms with van der Waals surface area (Å²) in [6, 6.07) is 7.88. The van der Waals surface area contributed by atoms with Crippen LogP contribution in [0.1, 0.15) is 45.8 Å². The van der Waals surface area contributed by atoms with Crippen LogP contribution < -0.4 is 5.32 Å². The zero-order chi connectivity index (χ0) is 18.6. The van der Waals surface area contributed by atoms with Gasteiger partial charge in [0.05, 0.1) is 11.7 Å². The van der Waals surface area contributed by atoms with Crippen molar-refractivity contribution in [2.75, 3.05) is 5.32 Å². The fourth-order valence-electron chi connectivity index (χ4n) is 2.24. The van der Waals surface area contributed by atoms with E-state index in [0.717, 1.165) is 16.0 Å². The van der Waals surface area contributed by atoms with Crippen LogP contribution in [0.25, 0.3) is 6.08 Å². The Labute approximate surface area is 152 Å². The zero-order valence-corrected chi connectivity index (χ0v) is 16.0. The number of hydrogen-bond donors (Lipinski definition) is 1. The molecule has 0 aliphatic carbocycles. The van der Waals surface area contributed by atoms with Gasteiger partial charge in [-0.25, -0.2) is 4.79 Å². The number of esters is 1. The number of benzene rings is 1. The van der Waals surface area contributed by atoms with Gasteiger partial charge in [-0.1, -0.05) is 29.8 Å². The first-order valence-corrected chi connectivity index (χ1v) is 8.96. The van der Waals surface area contributed by atoms with Crippen LogP contribution in [0.15, 0.2) is 30.3 Å². The Morgan fingerprint density at radius 2 is 1.76 bits per heavy atom. The topological polar surface area (TPSA) is 55.4 Å². The summed E-state index contributed by atoms with van der Waals surface area (Å²) in [4.78, 5) is 25.5. The van der Waals surface area contributed by atoms with E-state index in [4.69, 9.17) is 4.74 Å². The van der Waals surface area contributed by atoms with Crippen molar-refractivity contribution in [3.05, 3.63) is 57.5 Å². The molecule has 1 aromatic carbocycles. The molecule has 2 aromatic rings. The number of anilines is 1. The van der Waals surface area contributed by atoms with E-state index in [9.17, 15) is 9.59 Å². The summed E-state index contributed by atoms with van der Waals surface area (Å²) >= 11 is 1.38. The van der Waals surface area contributed by atoms with Gasteiger partial charge in [0.15, 0.2) is 0 Å². The summed E-state index contributed by atoms with van der Waals surface area (Å²) < 4.78 is 5.29. The summed E-state index contributed by atoms with van der Waals surface area (Å²) in [6.45, 7) is 9.40. The maximum atomic E-state index is 12.3. The molecule has 1 amide bonds. The van der Waals surface area contributed by atoms with Gasteiger partial charge in [-0.3, -0.25) is 4.79 Å². The molecule has 0 saturated carbocycles. The first-order chi connectivity index (χ1) is 11.8. The Morgan fingerprint density at radius 3 is 2.36 bits per heavy atom. The van der Waals surface area contributed by atoms with Crippen molar-refractivity contribution in [2.24, 2.45) is 0 Å². The van der Waals surface area contributed by atoms with Crippen LogP contribution in [0, 0.1) is 20.8 Å². The summed E-state index contributed by atoms with van der Waals surface area (Å²) in [6.07, 6.45) is 3.00. The average molecular weight is 357 g/mol. The molecule has 0 atom stereocenters. The van der Waals surface area contributed by atoms with Crippen molar-refractivity contribution >= 4 is 34.3 Å². The molecule has 0 bridgehead atoms. The number of carbonyl (C=O) groups excluding carboxylic acids is 2. The van der Waals surface area contributed by atoms with Crippen LogP contribution in [-0.2, 0) is 9.53 Å². The van der Waals surface area contributed by atoms with Gasteiger partial charge in [0.2, 0.25) is 5.91 Å². The van der Waals surface area contributed by atoms with Gasteiger partial charge in [-0.05, 0) is 51.8 Å². The third-order valence-corrected chi connectivity index (χ3v) is 4.80. The number of thiophene rings is 1. The summed E-state index contributed by atoms with van der Waals surface area (Å²) in [5.74, 6) is -0.685. The van der Waals surface area contributed by atoms with Crippen molar-refractivity contribution in [1.82, 2.24) is 0 Å². The molecule has 0 unspecified atom stereocenters. The minimum atomic E-state index is -0.408. The molecule has 1 N–H and O–H groups in total. The highest BCUT2D eigenvalue weighted by Crippen LogP contribution is 2.33. The van der Waals surface area contributed by atoms with Crippen LogP contribution >= 0.6 is 11.3 Å². The van der Waals surface area contributed by atoms with Gasteiger partial charge in [-0.15, -0.1) is 11.3 Å². The molecule has 0 aliphatic rings. The van der Waals surface area contributed by atoms with E-state index in [1.165, 1.54) is 23.0 Å². The quantitative estimate of drug-likeness (QED) is 0.612. The Balaban J connectivity index is 2.16. The lowest BCUT2D eigenvalue weighted by Gasteiger charge is -2.09. The average Bonchev–Trinajstić information content (AvgIpc) is 2.80. The van der Waals surface area contributed by atoms with E-state index in [2.05, 4.69) is 5.32 Å². The fraction of sp³-hybridized carbons (Fsp3) is 0.300. The highest BCUT2D eigenvalue weighted by Gasteiger charge is 2.22. The number of carbonyl (C=O) groups is 2. The standard InChI is InChI=1S/C20H23NO3S/c1-12(2)24-20(23)18-14(4)15(5)25-19(18)21-17(22)11-10-16-8-6-13(3)7-9-16/h6-12H,1-5H3,(H,21,22). The van der Waals surface area contributed by atoms with Gasteiger partial charge in [-0.2, -0.15) is 0 Å². The van der Waals surface area contributed by atoms with Gasteiger partial charge in [0.1, 0.15) is 5.00 Å². The minimum Gasteiger partial charge on any atom is -0.459 e. The van der Waals surface area contributed by atoms with Crippen molar-refractivity contribution in [2.45, 2.75) is 40.7 Å². The first kappa shape index (κ1) is 18.9. The van der Waals surface area contributed by atoms with Gasteiger partial charge in [0.25, 0.3) is 0 Å². The maximum Gasteiger partial charge on any atom is 0.341 e. The molecule has 4 nitrogen and oxygen atoms in total. The Hall–Kier alpha value is -2.40. The largest absolute Gasteiger partial charge is 0.459 e. The first-order valence-electron chi connectivity index (χ1n) is 8.14. The molecule has 1 aromatic heterocycles. The van der Waals surface area contributed by atoms with E-state index < -0.39 is 5.97 Å². The second-order valence-corrected chi connectivity index (χ2v) is 7.40. The lowest BCUT2D eigenvalue weighted by atomic mass is 10.1. The van der Waals surface area contributed by atoms with E-state index in [1.807, 2.05) is 45.0 Å². The van der Waals surface area contributed by atoms with Crippen molar-refractivity contribution in [1.29, 1.82) is 0 Å². The molecule has 0 spiro atoms. The Morgan fingerprint density at radius 1 is 1.12 bits per heavy atom. The lowest BCUT2D eigenvalue weighted by molar-refractivity contribution is -0.111. The van der Waals surface area contributed by atoms with E-state index in [1.54, 1.807) is 19.9 Å². The third kappa shape index (κ3) is 5.03. The predicted molar refractivity (Wildman–Crippen MR) is 103 cm³/mol. The molecular weight excluding hydrogens is 334 g/mol. The lowest BCUT2D eigenvalue weighted by Crippen LogP contribution is -2.15. The van der Waals surface area contributed by atoms with Crippen LogP contribution in [0.3, 0.4) is 0 Å². The molecule has 25 heavy (non-hydrogen) atoms. The van der Waals surface area contributed by atoms with Crippen molar-refractivity contribution in [3.8, 4) is 0 Å². The van der Waals surface area contributed by atoms with E-state index in [0.29, 0.717) is 10.6 Å². The molecule has 0 radical (unpaired) electrons. The van der Waals surface area contributed by atoms with Crippen LogP contribution in [0.2, 0.25) is 0 Å². The molecule has 2 rings (SSSR count). The van der Waals surface area contributed by atoms with E-state index in [-0.39, 0.29) is 12.0 Å². The minimum absolute atomic E-state index is 0.211. The number of amides is 1. The monoisotopic (exact) mass is 357 g/mol. The summed E-state index contributed by atoms with van der Waals surface area (Å²) in [7, 11) is 0. The normalized spacial score (nSPS) is 11.1. The highest BCUT2D eigenvalue weighted by atomic mass is 32.1. The molecule has 132 valence electrons. The third-order valence-electron chi connectivity index (χ3n) is 3.67. The molecular formula is C20H23NO3S. The van der Waals surface area contributed by atoms with Crippen molar-refractivity contribution < 1.29 is 14.3 Å². The number of rotatable bonds is 5. The highest BCUT2D eigenvalue weighted by molar-refractivity contribution is 7.16. The molecule has 0 fully saturated rings.